The van der Waals surface area contributed by atoms with Crippen LogP contribution >= 0.6 is 11.8 Å². The molecule has 0 saturated heterocycles. The molecule has 0 amide bonds. The van der Waals surface area contributed by atoms with Gasteiger partial charge in [0.05, 0.1) is 6.67 Å². The molecule has 14 heavy (non-hydrogen) atoms. The lowest BCUT2D eigenvalue weighted by Crippen LogP contribution is -2.28. The summed E-state index contributed by atoms with van der Waals surface area (Å²) in [6.07, 6.45) is 0. The van der Waals surface area contributed by atoms with Crippen LogP contribution < -0.4 is 5.73 Å². The highest BCUT2D eigenvalue weighted by molar-refractivity contribution is 7.99. The first-order valence-electron chi connectivity index (χ1n) is 4.62. The van der Waals surface area contributed by atoms with E-state index in [0.29, 0.717) is 5.75 Å². The number of halogens is 1. The second-order valence-electron chi connectivity index (χ2n) is 3.78. The van der Waals surface area contributed by atoms with Crippen molar-refractivity contribution in [2.75, 3.05) is 12.4 Å². The van der Waals surface area contributed by atoms with E-state index in [2.05, 4.69) is 0 Å². The van der Waals surface area contributed by atoms with Gasteiger partial charge in [-0.25, -0.2) is 0 Å². The molecule has 0 atom stereocenters. The van der Waals surface area contributed by atoms with Gasteiger partial charge in [-0.3, -0.25) is 4.39 Å². The summed E-state index contributed by atoms with van der Waals surface area (Å²) in [5.74, 6) is 0.519. The molecule has 3 heteroatoms. The smallest absolute Gasteiger partial charge is 0.0988 e. The molecule has 0 spiro atoms. The Morgan fingerprint density at radius 2 is 1.86 bits per heavy atom. The Hall–Kier alpha value is -0.540. The topological polar surface area (TPSA) is 26.0 Å². The van der Waals surface area contributed by atoms with E-state index in [1.54, 1.807) is 0 Å². The summed E-state index contributed by atoms with van der Waals surface area (Å²) in [5.41, 5.74) is 6.74. The van der Waals surface area contributed by atoms with E-state index in [1.165, 1.54) is 11.8 Å². The summed E-state index contributed by atoms with van der Waals surface area (Å²) in [7, 11) is 0. The summed E-state index contributed by atoms with van der Waals surface area (Å²) >= 11 is 1.52. The van der Waals surface area contributed by atoms with Crippen molar-refractivity contribution in [1.82, 2.24) is 0 Å². The lowest BCUT2D eigenvalue weighted by atomic mass is 9.96. The number of benzene rings is 1. The quantitative estimate of drug-likeness (QED) is 0.778. The minimum Gasteiger partial charge on any atom is -0.322 e. The Morgan fingerprint density at radius 3 is 2.29 bits per heavy atom. The van der Waals surface area contributed by atoms with E-state index in [1.807, 2.05) is 38.1 Å². The summed E-state index contributed by atoms with van der Waals surface area (Å²) in [6.45, 7) is 3.65. The Kier molecular flexibility index (Phi) is 3.96. The minimum absolute atomic E-state index is 0.283. The van der Waals surface area contributed by atoms with Crippen molar-refractivity contribution < 1.29 is 4.39 Å². The fraction of sp³-hybridized carbons (Fsp3) is 0.455. The van der Waals surface area contributed by atoms with Gasteiger partial charge in [0.2, 0.25) is 0 Å². The molecular formula is C11H16FNS. The van der Waals surface area contributed by atoms with Crippen LogP contribution in [0.4, 0.5) is 4.39 Å². The summed E-state index contributed by atoms with van der Waals surface area (Å²) in [4.78, 5) is 1.09. The zero-order valence-corrected chi connectivity index (χ0v) is 9.40. The van der Waals surface area contributed by atoms with Crippen molar-refractivity contribution in [3.63, 3.8) is 0 Å². The van der Waals surface area contributed by atoms with E-state index < -0.39 is 0 Å². The average molecular weight is 213 g/mol. The molecule has 1 aromatic rings. The van der Waals surface area contributed by atoms with Gasteiger partial charge in [0.1, 0.15) is 0 Å². The number of rotatable bonds is 4. The molecule has 2 N–H and O–H groups in total. The maximum atomic E-state index is 11.9. The van der Waals surface area contributed by atoms with Crippen molar-refractivity contribution in [2.24, 2.45) is 5.73 Å². The largest absolute Gasteiger partial charge is 0.322 e. The molecule has 0 aliphatic heterocycles. The molecule has 1 aromatic carbocycles. The third-order valence-electron chi connectivity index (χ3n) is 1.94. The predicted octanol–water partition coefficient (Wildman–Crippen LogP) is 2.94. The van der Waals surface area contributed by atoms with E-state index in [9.17, 15) is 4.39 Å². The molecule has 0 saturated carbocycles. The molecule has 0 fully saturated rings. The van der Waals surface area contributed by atoms with Crippen molar-refractivity contribution in [3.05, 3.63) is 29.8 Å². The molecule has 0 radical (unpaired) electrons. The van der Waals surface area contributed by atoms with Gasteiger partial charge < -0.3 is 5.73 Å². The first kappa shape index (κ1) is 11.5. The predicted molar refractivity (Wildman–Crippen MR) is 60.4 cm³/mol. The third kappa shape index (κ3) is 3.31. The van der Waals surface area contributed by atoms with E-state index in [0.717, 1.165) is 10.5 Å². The monoisotopic (exact) mass is 213 g/mol. The molecule has 0 bridgehead atoms. The maximum Gasteiger partial charge on any atom is 0.0988 e. The van der Waals surface area contributed by atoms with Crippen LogP contribution in [0.3, 0.4) is 0 Å². The third-order valence-corrected chi connectivity index (χ3v) is 2.91. The summed E-state index contributed by atoms with van der Waals surface area (Å²) in [5, 5.41) is 0. The molecule has 0 aliphatic rings. The van der Waals surface area contributed by atoms with Gasteiger partial charge in [-0.05, 0) is 31.5 Å². The molecular weight excluding hydrogens is 197 g/mol. The van der Waals surface area contributed by atoms with Crippen LogP contribution in [0.1, 0.15) is 19.4 Å². The van der Waals surface area contributed by atoms with Crippen molar-refractivity contribution in [1.29, 1.82) is 0 Å². The number of hydrogen-bond acceptors (Lipinski definition) is 2. The van der Waals surface area contributed by atoms with Gasteiger partial charge in [-0.1, -0.05) is 12.1 Å². The normalized spacial score (nSPS) is 11.7. The zero-order valence-electron chi connectivity index (χ0n) is 8.59. The molecule has 1 nitrogen and oxygen atoms in total. The average Bonchev–Trinajstić information content (AvgIpc) is 2.14. The summed E-state index contributed by atoms with van der Waals surface area (Å²) < 4.78 is 11.9. The fourth-order valence-corrected chi connectivity index (χ4v) is 1.78. The Morgan fingerprint density at radius 1 is 1.29 bits per heavy atom. The highest BCUT2D eigenvalue weighted by atomic mass is 32.2. The van der Waals surface area contributed by atoms with Gasteiger partial charge in [0.15, 0.2) is 0 Å². The van der Waals surface area contributed by atoms with Crippen molar-refractivity contribution >= 4 is 11.8 Å². The molecule has 0 aliphatic carbocycles. The van der Waals surface area contributed by atoms with Crippen LogP contribution in [0.15, 0.2) is 29.2 Å². The van der Waals surface area contributed by atoms with Crippen LogP contribution in [0.5, 0.6) is 0 Å². The highest BCUT2D eigenvalue weighted by Gasteiger charge is 2.12. The number of nitrogens with two attached hydrogens (primary N) is 1. The maximum absolute atomic E-state index is 11.9. The van der Waals surface area contributed by atoms with Crippen LogP contribution in [-0.4, -0.2) is 12.4 Å². The lowest BCUT2D eigenvalue weighted by Gasteiger charge is -2.19. The Balaban J connectivity index is 2.69. The second-order valence-corrected chi connectivity index (χ2v) is 4.95. The molecule has 0 unspecified atom stereocenters. The molecule has 78 valence electrons. The van der Waals surface area contributed by atoms with Crippen LogP contribution in [-0.2, 0) is 5.54 Å². The SMILES string of the molecule is CC(C)(N)c1ccc(SCCF)cc1. The lowest BCUT2D eigenvalue weighted by molar-refractivity contribution is 0.532. The first-order chi connectivity index (χ1) is 6.54. The van der Waals surface area contributed by atoms with Gasteiger partial charge >= 0.3 is 0 Å². The van der Waals surface area contributed by atoms with Gasteiger partial charge in [-0.2, -0.15) is 0 Å². The van der Waals surface area contributed by atoms with Crippen molar-refractivity contribution in [3.8, 4) is 0 Å². The van der Waals surface area contributed by atoms with E-state index in [4.69, 9.17) is 5.73 Å². The first-order valence-corrected chi connectivity index (χ1v) is 5.61. The highest BCUT2D eigenvalue weighted by Crippen LogP contribution is 2.22. The van der Waals surface area contributed by atoms with Gasteiger partial charge in [-0.15, -0.1) is 11.8 Å². The van der Waals surface area contributed by atoms with Gasteiger partial charge in [0.25, 0.3) is 0 Å². The van der Waals surface area contributed by atoms with Crippen LogP contribution in [0.2, 0.25) is 0 Å². The fourth-order valence-electron chi connectivity index (χ4n) is 1.14. The van der Waals surface area contributed by atoms with E-state index in [-0.39, 0.29) is 12.2 Å². The number of alkyl halides is 1. The van der Waals surface area contributed by atoms with Crippen LogP contribution in [0, 0.1) is 0 Å². The number of thioether (sulfide) groups is 1. The van der Waals surface area contributed by atoms with Crippen molar-refractivity contribution in [2.45, 2.75) is 24.3 Å². The minimum atomic E-state index is -0.302. The second kappa shape index (κ2) is 4.80. The number of hydrogen-bond donors (Lipinski definition) is 1. The zero-order chi connectivity index (χ0) is 10.6. The van der Waals surface area contributed by atoms with E-state index >= 15 is 0 Å². The van der Waals surface area contributed by atoms with Gasteiger partial charge in [0, 0.05) is 16.2 Å². The molecule has 0 aromatic heterocycles. The summed E-state index contributed by atoms with van der Waals surface area (Å²) in [6, 6.07) is 7.98. The molecule has 1 rings (SSSR count). The molecule has 0 heterocycles. The Bertz CT molecular complexity index is 276. The standard InChI is InChI=1S/C11H16FNS/c1-11(2,13)9-3-5-10(6-4-9)14-8-7-12/h3-6H,7-8,13H2,1-2H3. The van der Waals surface area contributed by atoms with Crippen LogP contribution in [0.25, 0.3) is 0 Å². The Labute approximate surface area is 88.9 Å².